The van der Waals surface area contributed by atoms with Gasteiger partial charge in [-0.1, -0.05) is 50.6 Å². The molecule has 0 saturated carbocycles. The molecule has 3 nitrogen and oxygen atoms in total. The van der Waals surface area contributed by atoms with Crippen LogP contribution in [0.2, 0.25) is 0 Å². The third-order valence-electron chi connectivity index (χ3n) is 2.21. The Morgan fingerprint density at radius 2 is 1.33 bits per heavy atom. The molecule has 0 heterocycles. The Bertz CT molecular complexity index is 493. The second kappa shape index (κ2) is 6.55. The number of hydrogen-bond donors (Lipinski definition) is 3. The summed E-state index contributed by atoms with van der Waals surface area (Å²) in [6, 6.07) is 12.0. The maximum atomic E-state index is 9.62. The number of rotatable bonds is 1. The minimum atomic E-state index is -0.489. The third-order valence-corrected chi connectivity index (χ3v) is 2.21. The lowest BCUT2D eigenvalue weighted by atomic mass is 10.0. The largest absolute Gasteiger partial charge is 0.504 e. The summed E-state index contributed by atoms with van der Waals surface area (Å²) < 4.78 is 0. The van der Waals surface area contributed by atoms with Gasteiger partial charge in [0.15, 0.2) is 11.5 Å². The quantitative estimate of drug-likeness (QED) is 0.669. The highest BCUT2D eigenvalue weighted by atomic mass is 16.3. The molecule has 0 saturated heterocycles. The van der Waals surface area contributed by atoms with Crippen LogP contribution >= 0.6 is 0 Å². The Kier molecular flexibility index (Phi) is 5.06. The third kappa shape index (κ3) is 3.17. The van der Waals surface area contributed by atoms with Crippen molar-refractivity contribution in [2.24, 2.45) is 0 Å². The van der Waals surface area contributed by atoms with E-state index in [9.17, 15) is 10.2 Å². The summed E-state index contributed by atoms with van der Waals surface area (Å²) in [5, 5.41) is 28.1. The van der Waals surface area contributed by atoms with E-state index in [0.29, 0.717) is 5.56 Å². The van der Waals surface area contributed by atoms with E-state index in [1.54, 1.807) is 6.07 Å². The van der Waals surface area contributed by atoms with Gasteiger partial charge in [-0.05, 0) is 17.7 Å². The Morgan fingerprint density at radius 1 is 0.778 bits per heavy atom. The summed E-state index contributed by atoms with van der Waals surface area (Å²) in [7, 11) is 0. The highest BCUT2D eigenvalue weighted by Crippen LogP contribution is 2.41. The van der Waals surface area contributed by atoms with Crippen molar-refractivity contribution >= 4 is 0 Å². The molecule has 0 atom stereocenters. The predicted octanol–water partition coefficient (Wildman–Crippen LogP) is 3.89. The zero-order valence-electron chi connectivity index (χ0n) is 10.6. The van der Waals surface area contributed by atoms with Crippen LogP contribution in [0.15, 0.2) is 42.5 Å². The van der Waals surface area contributed by atoms with E-state index in [-0.39, 0.29) is 11.5 Å². The first-order chi connectivity index (χ1) is 8.61. The lowest BCUT2D eigenvalue weighted by molar-refractivity contribution is 0.369. The van der Waals surface area contributed by atoms with Crippen LogP contribution in [-0.2, 0) is 0 Å². The van der Waals surface area contributed by atoms with Gasteiger partial charge < -0.3 is 15.3 Å². The molecular formula is C15H18O3. The van der Waals surface area contributed by atoms with E-state index in [1.165, 1.54) is 12.5 Å². The second-order valence-corrected chi connectivity index (χ2v) is 3.90. The number of phenolic OH excluding ortho intramolecular Hbond substituents is 3. The van der Waals surface area contributed by atoms with Gasteiger partial charge in [-0.25, -0.2) is 0 Å². The van der Waals surface area contributed by atoms with Crippen molar-refractivity contribution in [3.05, 3.63) is 42.5 Å². The van der Waals surface area contributed by atoms with E-state index >= 15 is 0 Å². The van der Waals surface area contributed by atoms with Gasteiger partial charge in [-0.15, -0.1) is 0 Å². The SMILES string of the molecule is CCC.Oc1ccc(-c2ccccc2)c(O)c1O. The molecule has 0 amide bonds. The molecule has 0 spiro atoms. The van der Waals surface area contributed by atoms with Crippen LogP contribution in [0, 0.1) is 0 Å². The monoisotopic (exact) mass is 246 g/mol. The van der Waals surface area contributed by atoms with Crippen LogP contribution in [0.25, 0.3) is 11.1 Å². The lowest BCUT2D eigenvalue weighted by Gasteiger charge is -2.07. The summed E-state index contributed by atoms with van der Waals surface area (Å²) in [5.41, 5.74) is 1.27. The van der Waals surface area contributed by atoms with Crippen molar-refractivity contribution in [3.63, 3.8) is 0 Å². The molecule has 2 rings (SSSR count). The first-order valence-electron chi connectivity index (χ1n) is 5.91. The van der Waals surface area contributed by atoms with E-state index in [1.807, 2.05) is 30.3 Å². The van der Waals surface area contributed by atoms with E-state index < -0.39 is 5.75 Å². The van der Waals surface area contributed by atoms with Crippen molar-refractivity contribution in [3.8, 4) is 28.4 Å². The molecule has 0 aliphatic carbocycles. The lowest BCUT2D eigenvalue weighted by Crippen LogP contribution is -1.79. The highest BCUT2D eigenvalue weighted by Gasteiger charge is 2.11. The molecule has 0 fully saturated rings. The molecule has 0 radical (unpaired) electrons. The number of benzene rings is 2. The molecule has 2 aromatic carbocycles. The van der Waals surface area contributed by atoms with Gasteiger partial charge in [0, 0.05) is 5.56 Å². The molecule has 0 aliphatic heterocycles. The fourth-order valence-corrected chi connectivity index (χ4v) is 1.42. The normalized spacial score (nSPS) is 9.44. The Hall–Kier alpha value is -2.16. The summed E-state index contributed by atoms with van der Waals surface area (Å²) in [6.07, 6.45) is 1.25. The molecule has 0 bridgehead atoms. The van der Waals surface area contributed by atoms with Crippen LogP contribution < -0.4 is 0 Å². The van der Waals surface area contributed by atoms with Crippen molar-refractivity contribution in [2.75, 3.05) is 0 Å². The van der Waals surface area contributed by atoms with Gasteiger partial charge in [0.2, 0.25) is 5.75 Å². The van der Waals surface area contributed by atoms with Gasteiger partial charge in [0.1, 0.15) is 0 Å². The molecule has 18 heavy (non-hydrogen) atoms. The molecule has 0 aromatic heterocycles. The first-order valence-corrected chi connectivity index (χ1v) is 5.91. The molecular weight excluding hydrogens is 228 g/mol. The number of phenols is 3. The van der Waals surface area contributed by atoms with Crippen molar-refractivity contribution in [1.29, 1.82) is 0 Å². The van der Waals surface area contributed by atoms with Crippen LogP contribution in [0.1, 0.15) is 20.3 Å². The summed E-state index contributed by atoms with van der Waals surface area (Å²) in [4.78, 5) is 0. The average Bonchev–Trinajstić information content (AvgIpc) is 2.38. The van der Waals surface area contributed by atoms with Crippen LogP contribution in [0.4, 0.5) is 0 Å². The Balaban J connectivity index is 0.000000492. The van der Waals surface area contributed by atoms with Gasteiger partial charge in [-0.3, -0.25) is 0 Å². The molecule has 3 N–H and O–H groups in total. The standard InChI is InChI=1S/C12H10O3.C3H8/c13-10-7-6-9(11(14)12(10)15)8-4-2-1-3-5-8;1-3-2/h1-7,13-15H;3H2,1-2H3. The zero-order valence-corrected chi connectivity index (χ0v) is 10.6. The van der Waals surface area contributed by atoms with Crippen LogP contribution in [-0.4, -0.2) is 15.3 Å². The highest BCUT2D eigenvalue weighted by molar-refractivity contribution is 5.75. The molecule has 3 heteroatoms. The second-order valence-electron chi connectivity index (χ2n) is 3.90. The molecule has 0 unspecified atom stereocenters. The first kappa shape index (κ1) is 13.9. The topological polar surface area (TPSA) is 60.7 Å². The van der Waals surface area contributed by atoms with E-state index in [0.717, 1.165) is 5.56 Å². The number of hydrogen-bond acceptors (Lipinski definition) is 3. The minimum absolute atomic E-state index is 0.304. The maximum Gasteiger partial charge on any atom is 0.200 e. The average molecular weight is 246 g/mol. The van der Waals surface area contributed by atoms with Gasteiger partial charge >= 0.3 is 0 Å². The number of aromatic hydroxyl groups is 3. The summed E-state index contributed by atoms with van der Waals surface area (Å²) in [6.45, 7) is 4.25. The van der Waals surface area contributed by atoms with Gasteiger partial charge in [-0.2, -0.15) is 0 Å². The Morgan fingerprint density at radius 3 is 1.89 bits per heavy atom. The molecule has 96 valence electrons. The van der Waals surface area contributed by atoms with Crippen molar-refractivity contribution in [1.82, 2.24) is 0 Å². The summed E-state index contributed by atoms with van der Waals surface area (Å²) in [5.74, 6) is -1.12. The van der Waals surface area contributed by atoms with E-state index in [4.69, 9.17) is 5.11 Å². The van der Waals surface area contributed by atoms with E-state index in [2.05, 4.69) is 13.8 Å². The minimum Gasteiger partial charge on any atom is -0.504 e. The maximum absolute atomic E-state index is 9.62. The van der Waals surface area contributed by atoms with Crippen LogP contribution in [0.5, 0.6) is 17.2 Å². The van der Waals surface area contributed by atoms with Gasteiger partial charge in [0.25, 0.3) is 0 Å². The van der Waals surface area contributed by atoms with Gasteiger partial charge in [0.05, 0.1) is 0 Å². The molecule has 2 aromatic rings. The molecule has 0 aliphatic rings. The van der Waals surface area contributed by atoms with Crippen molar-refractivity contribution in [2.45, 2.75) is 20.3 Å². The summed E-state index contributed by atoms with van der Waals surface area (Å²) >= 11 is 0. The van der Waals surface area contributed by atoms with Crippen molar-refractivity contribution < 1.29 is 15.3 Å². The zero-order chi connectivity index (χ0) is 13.5. The smallest absolute Gasteiger partial charge is 0.200 e. The fraction of sp³-hybridized carbons (Fsp3) is 0.200. The fourth-order valence-electron chi connectivity index (χ4n) is 1.42. The Labute approximate surface area is 107 Å². The predicted molar refractivity (Wildman–Crippen MR) is 72.8 cm³/mol. The van der Waals surface area contributed by atoms with Crippen LogP contribution in [0.3, 0.4) is 0 Å².